The van der Waals surface area contributed by atoms with E-state index < -0.39 is 17.1 Å². The van der Waals surface area contributed by atoms with Gasteiger partial charge < -0.3 is 24.4 Å². The normalized spacial score (nSPS) is 16.3. The molecule has 5 rings (SSSR count). The lowest BCUT2D eigenvalue weighted by atomic mass is 10.1. The highest BCUT2D eigenvalue weighted by atomic mass is 32.2. The largest absolute Gasteiger partial charge is 0.493 e. The molecular weight excluding hydrogens is 542 g/mol. The summed E-state index contributed by atoms with van der Waals surface area (Å²) in [4.78, 5) is 41.7. The molecule has 3 aromatic carbocycles. The summed E-state index contributed by atoms with van der Waals surface area (Å²) in [6.45, 7) is 5.05. The number of hydrogen-bond acceptors (Lipinski definition) is 8. The van der Waals surface area contributed by atoms with E-state index in [4.69, 9.17) is 14.2 Å². The van der Waals surface area contributed by atoms with E-state index >= 15 is 0 Å². The summed E-state index contributed by atoms with van der Waals surface area (Å²) in [5, 5.41) is 2.27. The molecule has 2 aliphatic heterocycles. The van der Waals surface area contributed by atoms with Crippen LogP contribution in [0, 0.1) is 6.92 Å². The predicted octanol–water partition coefficient (Wildman–Crippen LogP) is 5.09. The van der Waals surface area contributed by atoms with Crippen LogP contribution >= 0.6 is 11.8 Å². The first kappa shape index (κ1) is 28.3. The van der Waals surface area contributed by atoms with Gasteiger partial charge in [0.2, 0.25) is 5.91 Å². The van der Waals surface area contributed by atoms with E-state index in [1.165, 1.54) is 5.56 Å². The Morgan fingerprint density at radius 3 is 2.44 bits per heavy atom. The average molecular weight is 574 g/mol. The lowest BCUT2D eigenvalue weighted by Crippen LogP contribution is -2.36. The summed E-state index contributed by atoms with van der Waals surface area (Å²) in [5.74, 6) is 0.0954. The maximum atomic E-state index is 13.0. The zero-order chi connectivity index (χ0) is 28.8. The molecule has 212 valence electrons. The number of hydrogen-bond donors (Lipinski definition) is 1. The van der Waals surface area contributed by atoms with Crippen LogP contribution in [0.1, 0.15) is 16.7 Å². The summed E-state index contributed by atoms with van der Waals surface area (Å²) in [6.07, 6.45) is 1.61. The molecule has 9 nitrogen and oxygen atoms in total. The van der Waals surface area contributed by atoms with Crippen molar-refractivity contribution < 1.29 is 28.6 Å². The summed E-state index contributed by atoms with van der Waals surface area (Å²) in [5.41, 5.74) is 4.51. The molecule has 0 aromatic heterocycles. The fraction of sp³-hybridized carbons (Fsp3) is 0.258. The number of rotatable bonds is 9. The number of methoxy groups -OCH3 is 1. The molecule has 0 saturated carbocycles. The van der Waals surface area contributed by atoms with Crippen LogP contribution in [0.3, 0.4) is 0 Å². The molecule has 0 atom stereocenters. The van der Waals surface area contributed by atoms with Gasteiger partial charge >= 0.3 is 0 Å². The third kappa shape index (κ3) is 7.08. The third-order valence-electron chi connectivity index (χ3n) is 6.70. The molecule has 41 heavy (non-hydrogen) atoms. The third-order valence-corrected chi connectivity index (χ3v) is 7.61. The van der Waals surface area contributed by atoms with Crippen molar-refractivity contribution in [1.29, 1.82) is 0 Å². The Morgan fingerprint density at radius 2 is 1.73 bits per heavy atom. The van der Waals surface area contributed by atoms with Gasteiger partial charge in [-0.2, -0.15) is 0 Å². The Bertz CT molecular complexity index is 1450. The maximum absolute atomic E-state index is 13.0. The van der Waals surface area contributed by atoms with Crippen molar-refractivity contribution in [3.8, 4) is 11.5 Å². The lowest BCUT2D eigenvalue weighted by molar-refractivity contribution is -0.127. The summed E-state index contributed by atoms with van der Waals surface area (Å²) < 4.78 is 16.8. The van der Waals surface area contributed by atoms with Crippen LogP contribution in [-0.2, 0) is 20.9 Å². The summed E-state index contributed by atoms with van der Waals surface area (Å²) in [6, 6.07) is 20.8. The molecule has 0 unspecified atom stereocenters. The monoisotopic (exact) mass is 573 g/mol. The number of morpholine rings is 1. The second kappa shape index (κ2) is 12.9. The number of nitrogens with zero attached hydrogens (tertiary/aromatic N) is 2. The number of carbonyl (C=O) groups is 3. The minimum atomic E-state index is -0.517. The molecule has 0 spiro atoms. The molecule has 1 N–H and O–H groups in total. The summed E-state index contributed by atoms with van der Waals surface area (Å²) >= 11 is 0.800. The lowest BCUT2D eigenvalue weighted by Gasteiger charge is -2.28. The first-order chi connectivity index (χ1) is 19.9. The van der Waals surface area contributed by atoms with Crippen molar-refractivity contribution in [3.63, 3.8) is 0 Å². The maximum Gasteiger partial charge on any atom is 0.294 e. The van der Waals surface area contributed by atoms with E-state index in [0.29, 0.717) is 42.6 Å². The summed E-state index contributed by atoms with van der Waals surface area (Å²) in [7, 11) is 1.54. The molecule has 2 fully saturated rings. The van der Waals surface area contributed by atoms with Gasteiger partial charge in [0.25, 0.3) is 11.1 Å². The first-order valence-electron chi connectivity index (χ1n) is 13.2. The van der Waals surface area contributed by atoms with Gasteiger partial charge in [0, 0.05) is 24.5 Å². The van der Waals surface area contributed by atoms with E-state index in [2.05, 4.69) is 10.2 Å². The molecule has 0 radical (unpaired) electrons. The SMILES string of the molecule is COc1cc(/C=C2/SC(=O)N(CC(=O)Nc3ccc(N4CCOCC4)cc3)C2=O)ccc1OCc1ccc(C)cc1. The van der Waals surface area contributed by atoms with Crippen LogP contribution in [0.2, 0.25) is 0 Å². The molecule has 2 heterocycles. The second-order valence-electron chi connectivity index (χ2n) is 9.65. The number of ether oxygens (including phenoxy) is 3. The first-order valence-corrected chi connectivity index (χ1v) is 14.1. The van der Waals surface area contributed by atoms with Gasteiger partial charge in [-0.05, 0) is 72.3 Å². The fourth-order valence-corrected chi connectivity index (χ4v) is 5.29. The van der Waals surface area contributed by atoms with E-state index in [9.17, 15) is 14.4 Å². The van der Waals surface area contributed by atoms with Crippen LogP contribution in [0.25, 0.3) is 6.08 Å². The van der Waals surface area contributed by atoms with Gasteiger partial charge in [-0.3, -0.25) is 19.3 Å². The van der Waals surface area contributed by atoms with Gasteiger partial charge in [-0.1, -0.05) is 35.9 Å². The van der Waals surface area contributed by atoms with Crippen LogP contribution < -0.4 is 19.7 Å². The topological polar surface area (TPSA) is 97.4 Å². The van der Waals surface area contributed by atoms with Gasteiger partial charge in [0.05, 0.1) is 25.2 Å². The van der Waals surface area contributed by atoms with E-state index in [-0.39, 0.29) is 11.4 Å². The zero-order valence-electron chi connectivity index (χ0n) is 22.9. The van der Waals surface area contributed by atoms with Crippen LogP contribution in [-0.4, -0.2) is 61.9 Å². The van der Waals surface area contributed by atoms with E-state index in [1.807, 2.05) is 43.3 Å². The average Bonchev–Trinajstić information content (AvgIpc) is 3.25. The molecule has 2 aliphatic rings. The predicted molar refractivity (Wildman–Crippen MR) is 159 cm³/mol. The number of nitrogens with one attached hydrogen (secondary N) is 1. The molecule has 10 heteroatoms. The van der Waals surface area contributed by atoms with Gasteiger partial charge in [0.15, 0.2) is 11.5 Å². The molecule has 2 saturated heterocycles. The molecule has 3 aromatic rings. The van der Waals surface area contributed by atoms with Crippen molar-refractivity contribution in [2.24, 2.45) is 0 Å². The standard InChI is InChI=1S/C31H31N3O6S/c1-21-3-5-22(6-4-21)20-40-26-12-7-23(17-27(26)38-2)18-28-30(36)34(31(37)41-28)19-29(35)32-24-8-10-25(11-9-24)33-13-15-39-16-14-33/h3-12,17-18H,13-16,19-20H2,1-2H3,(H,32,35)/b28-18+. The number of aryl methyl sites for hydroxylation is 1. The number of carbonyl (C=O) groups excluding carboxylic acids is 3. The number of anilines is 2. The van der Waals surface area contributed by atoms with Crippen molar-refractivity contribution in [2.45, 2.75) is 13.5 Å². The second-order valence-corrected chi connectivity index (χ2v) is 10.6. The van der Waals surface area contributed by atoms with Crippen molar-refractivity contribution in [3.05, 3.63) is 88.3 Å². The highest BCUT2D eigenvalue weighted by molar-refractivity contribution is 8.18. The van der Waals surface area contributed by atoms with Crippen molar-refractivity contribution >= 4 is 46.3 Å². The van der Waals surface area contributed by atoms with E-state index in [0.717, 1.165) is 41.0 Å². The number of amides is 3. The Labute approximate surface area is 243 Å². The fourth-order valence-electron chi connectivity index (χ4n) is 4.45. The smallest absolute Gasteiger partial charge is 0.294 e. The van der Waals surface area contributed by atoms with Crippen molar-refractivity contribution in [2.75, 3.05) is 50.2 Å². The molecule has 0 aliphatic carbocycles. The minimum absolute atomic E-state index is 0.230. The van der Waals surface area contributed by atoms with E-state index in [1.54, 1.807) is 43.5 Å². The Morgan fingerprint density at radius 1 is 1.00 bits per heavy atom. The number of benzene rings is 3. The highest BCUT2D eigenvalue weighted by Crippen LogP contribution is 2.35. The van der Waals surface area contributed by atoms with Gasteiger partial charge in [0.1, 0.15) is 13.2 Å². The number of thioether (sulfide) groups is 1. The van der Waals surface area contributed by atoms with Crippen LogP contribution in [0.15, 0.2) is 71.6 Å². The molecular formula is C31H31N3O6S. The van der Waals surface area contributed by atoms with Gasteiger partial charge in [-0.25, -0.2) is 0 Å². The van der Waals surface area contributed by atoms with Gasteiger partial charge in [-0.15, -0.1) is 0 Å². The highest BCUT2D eigenvalue weighted by Gasteiger charge is 2.36. The van der Waals surface area contributed by atoms with Crippen LogP contribution in [0.5, 0.6) is 11.5 Å². The Hall–Kier alpha value is -4.28. The van der Waals surface area contributed by atoms with Crippen LogP contribution in [0.4, 0.5) is 16.2 Å². The molecule has 3 amide bonds. The Kier molecular flexibility index (Phi) is 8.91. The Balaban J connectivity index is 1.19. The zero-order valence-corrected chi connectivity index (χ0v) is 23.7. The quantitative estimate of drug-likeness (QED) is 0.354. The number of imide groups is 1. The molecule has 0 bridgehead atoms. The van der Waals surface area contributed by atoms with Crippen molar-refractivity contribution in [1.82, 2.24) is 4.90 Å². The minimum Gasteiger partial charge on any atom is -0.493 e.